The second-order valence-corrected chi connectivity index (χ2v) is 6.12. The van der Waals surface area contributed by atoms with Crippen LogP contribution < -0.4 is 0 Å². The van der Waals surface area contributed by atoms with E-state index in [-0.39, 0.29) is 6.54 Å². The van der Waals surface area contributed by atoms with Crippen LogP contribution in [-0.4, -0.2) is 24.6 Å². The normalized spacial score (nSPS) is 17.8. The number of rotatable bonds is 2. The van der Waals surface area contributed by atoms with E-state index in [0.717, 1.165) is 0 Å². The van der Waals surface area contributed by atoms with Crippen molar-refractivity contribution in [3.8, 4) is 0 Å². The SMILES string of the molecule is CC(C)S(=O)(=O)C1=CC=CN(Cl)C1. The molecule has 0 saturated heterocycles. The monoisotopic (exact) mass is 221 g/mol. The fourth-order valence-corrected chi connectivity index (χ4v) is 2.44. The molecule has 0 amide bonds. The van der Waals surface area contributed by atoms with Crippen LogP contribution in [0, 0.1) is 0 Å². The molecule has 0 aliphatic carbocycles. The van der Waals surface area contributed by atoms with Crippen molar-refractivity contribution >= 4 is 21.6 Å². The van der Waals surface area contributed by atoms with E-state index in [1.165, 1.54) is 4.42 Å². The van der Waals surface area contributed by atoms with E-state index >= 15 is 0 Å². The van der Waals surface area contributed by atoms with Crippen LogP contribution in [0.1, 0.15) is 13.8 Å². The number of hydrogen-bond acceptors (Lipinski definition) is 3. The van der Waals surface area contributed by atoms with Crippen LogP contribution in [0.25, 0.3) is 0 Å². The van der Waals surface area contributed by atoms with Gasteiger partial charge >= 0.3 is 0 Å². The van der Waals surface area contributed by atoms with Crippen molar-refractivity contribution in [2.45, 2.75) is 19.1 Å². The smallest absolute Gasteiger partial charge is 0.178 e. The number of sulfone groups is 1. The Kier molecular flexibility index (Phi) is 3.03. The summed E-state index contributed by atoms with van der Waals surface area (Å²) >= 11 is 5.66. The quantitative estimate of drug-likeness (QED) is 0.666. The fraction of sp³-hybridized carbons (Fsp3) is 0.500. The van der Waals surface area contributed by atoms with Crippen molar-refractivity contribution in [2.24, 2.45) is 0 Å². The van der Waals surface area contributed by atoms with Crippen LogP contribution in [0.3, 0.4) is 0 Å². The first kappa shape index (κ1) is 10.6. The molecule has 74 valence electrons. The summed E-state index contributed by atoms with van der Waals surface area (Å²) in [4.78, 5) is 0.375. The van der Waals surface area contributed by atoms with Crippen molar-refractivity contribution in [1.29, 1.82) is 0 Å². The Morgan fingerprint density at radius 2 is 2.15 bits per heavy atom. The standard InChI is InChI=1S/C8H12ClNO2S/c1-7(2)13(11,12)8-4-3-5-10(9)6-8/h3-5,7H,6H2,1-2H3. The third-order valence-corrected chi connectivity index (χ3v) is 4.29. The molecule has 0 N–H and O–H groups in total. The highest BCUT2D eigenvalue weighted by Crippen LogP contribution is 2.19. The lowest BCUT2D eigenvalue weighted by Crippen LogP contribution is -2.23. The van der Waals surface area contributed by atoms with Crippen molar-refractivity contribution in [2.75, 3.05) is 6.54 Å². The molecule has 0 saturated carbocycles. The van der Waals surface area contributed by atoms with Gasteiger partial charge in [-0.1, -0.05) is 0 Å². The van der Waals surface area contributed by atoms with Crippen molar-refractivity contribution in [3.63, 3.8) is 0 Å². The lowest BCUT2D eigenvalue weighted by molar-refractivity contribution is 0.583. The summed E-state index contributed by atoms with van der Waals surface area (Å²) < 4.78 is 24.6. The van der Waals surface area contributed by atoms with Gasteiger partial charge in [-0.3, -0.25) is 4.42 Å². The van der Waals surface area contributed by atoms with Gasteiger partial charge in [-0.05, 0) is 26.0 Å². The van der Waals surface area contributed by atoms with Crippen LogP contribution in [0.5, 0.6) is 0 Å². The van der Waals surface area contributed by atoms with E-state index in [2.05, 4.69) is 0 Å². The Morgan fingerprint density at radius 1 is 1.54 bits per heavy atom. The Hall–Kier alpha value is -0.480. The van der Waals surface area contributed by atoms with Gasteiger partial charge in [-0.25, -0.2) is 8.42 Å². The van der Waals surface area contributed by atoms with E-state index in [1.54, 1.807) is 32.2 Å². The molecule has 1 rings (SSSR count). The molecule has 0 atom stereocenters. The van der Waals surface area contributed by atoms with E-state index in [0.29, 0.717) is 4.91 Å². The van der Waals surface area contributed by atoms with Gasteiger partial charge in [-0.2, -0.15) is 0 Å². The van der Waals surface area contributed by atoms with Gasteiger partial charge in [0.1, 0.15) is 0 Å². The zero-order chi connectivity index (χ0) is 10.1. The summed E-state index contributed by atoms with van der Waals surface area (Å²) in [5.74, 6) is 0. The average molecular weight is 222 g/mol. The van der Waals surface area contributed by atoms with E-state index in [1.807, 2.05) is 0 Å². The molecule has 0 aromatic heterocycles. The maximum atomic E-state index is 11.6. The third-order valence-electron chi connectivity index (χ3n) is 1.82. The minimum absolute atomic E-state index is 0.249. The van der Waals surface area contributed by atoms with E-state index in [9.17, 15) is 8.42 Å². The van der Waals surface area contributed by atoms with Gasteiger partial charge in [-0.15, -0.1) is 0 Å². The molecule has 0 aromatic rings. The van der Waals surface area contributed by atoms with Gasteiger partial charge in [0.15, 0.2) is 9.84 Å². The molecule has 5 heteroatoms. The summed E-state index contributed by atoms with van der Waals surface area (Å²) in [7, 11) is -3.15. The van der Waals surface area contributed by atoms with Crippen molar-refractivity contribution in [1.82, 2.24) is 4.42 Å². The van der Waals surface area contributed by atoms with Gasteiger partial charge in [0, 0.05) is 18.0 Å². The van der Waals surface area contributed by atoms with Gasteiger partial charge in [0.25, 0.3) is 0 Å². The molecule has 1 aliphatic rings. The molecule has 0 unspecified atom stereocenters. The van der Waals surface area contributed by atoms with Crippen LogP contribution in [-0.2, 0) is 9.84 Å². The predicted molar refractivity (Wildman–Crippen MR) is 53.8 cm³/mol. The molecule has 0 fully saturated rings. The second-order valence-electron chi connectivity index (χ2n) is 3.13. The zero-order valence-electron chi connectivity index (χ0n) is 7.57. The van der Waals surface area contributed by atoms with Gasteiger partial charge in [0.05, 0.1) is 16.7 Å². The van der Waals surface area contributed by atoms with Gasteiger partial charge < -0.3 is 0 Å². The molecule has 1 heterocycles. The Morgan fingerprint density at radius 3 is 2.62 bits per heavy atom. The lowest BCUT2D eigenvalue weighted by atomic mass is 10.4. The third kappa shape index (κ3) is 2.25. The minimum atomic E-state index is -3.15. The van der Waals surface area contributed by atoms with Crippen molar-refractivity contribution < 1.29 is 8.42 Å². The van der Waals surface area contributed by atoms with E-state index in [4.69, 9.17) is 11.8 Å². The molecule has 13 heavy (non-hydrogen) atoms. The Labute approximate surface area is 83.7 Å². The number of allylic oxidation sites excluding steroid dienone is 2. The Balaban J connectivity index is 2.97. The minimum Gasteiger partial charge on any atom is -0.287 e. The highest BCUT2D eigenvalue weighted by Gasteiger charge is 2.23. The number of halogens is 1. The van der Waals surface area contributed by atoms with Gasteiger partial charge in [0.2, 0.25) is 0 Å². The summed E-state index contributed by atoms with van der Waals surface area (Å²) in [6.45, 7) is 3.57. The Bertz CT molecular complexity index is 343. The number of hydrogen-bond donors (Lipinski definition) is 0. The summed E-state index contributed by atoms with van der Waals surface area (Å²) in [5.41, 5.74) is 0. The first-order valence-electron chi connectivity index (χ1n) is 3.98. The second kappa shape index (κ2) is 3.72. The zero-order valence-corrected chi connectivity index (χ0v) is 9.14. The molecular weight excluding hydrogens is 210 g/mol. The van der Waals surface area contributed by atoms with Crippen LogP contribution in [0.2, 0.25) is 0 Å². The summed E-state index contributed by atoms with van der Waals surface area (Å²) in [6, 6.07) is 0. The first-order chi connectivity index (χ1) is 5.94. The molecule has 3 nitrogen and oxygen atoms in total. The van der Waals surface area contributed by atoms with E-state index < -0.39 is 15.1 Å². The highest BCUT2D eigenvalue weighted by atomic mass is 35.5. The van der Waals surface area contributed by atoms with Crippen molar-refractivity contribution in [3.05, 3.63) is 23.3 Å². The molecule has 0 bridgehead atoms. The van der Waals surface area contributed by atoms with Crippen LogP contribution in [0.15, 0.2) is 23.3 Å². The molecule has 1 aliphatic heterocycles. The number of nitrogens with zero attached hydrogens (tertiary/aromatic N) is 1. The fourth-order valence-electron chi connectivity index (χ4n) is 0.986. The molecule has 0 aromatic carbocycles. The largest absolute Gasteiger partial charge is 0.287 e. The highest BCUT2D eigenvalue weighted by molar-refractivity contribution is 7.95. The summed E-state index contributed by atoms with van der Waals surface area (Å²) in [6.07, 6.45) is 4.85. The molecular formula is C8H12ClNO2S. The topological polar surface area (TPSA) is 37.4 Å². The summed E-state index contributed by atoms with van der Waals surface area (Å²) in [5, 5.41) is -0.393. The lowest BCUT2D eigenvalue weighted by Gasteiger charge is -2.18. The maximum Gasteiger partial charge on any atom is 0.178 e. The average Bonchev–Trinajstić information content (AvgIpc) is 2.04. The maximum absolute atomic E-state index is 11.6. The first-order valence-corrected chi connectivity index (χ1v) is 5.86. The molecule has 0 radical (unpaired) electrons. The van der Waals surface area contributed by atoms with Crippen LogP contribution >= 0.6 is 11.8 Å². The molecule has 0 spiro atoms. The predicted octanol–water partition coefficient (Wildman–Crippen LogP) is 1.68. The van der Waals surface area contributed by atoms with Crippen LogP contribution in [0.4, 0.5) is 0 Å².